The quantitative estimate of drug-likeness (QED) is 0.397. The van der Waals surface area contributed by atoms with Crippen molar-refractivity contribution in [3.63, 3.8) is 0 Å². The molecule has 9 heteroatoms. The van der Waals surface area contributed by atoms with E-state index in [4.69, 9.17) is 16.6 Å². The molecule has 2 aromatic carbocycles. The number of carbonyl (C=O) groups is 2. The Morgan fingerprint density at radius 3 is 2.24 bits per heavy atom. The number of fused-ring (bicyclic) bond motifs is 1. The number of rotatable bonds is 5. The van der Waals surface area contributed by atoms with Crippen molar-refractivity contribution in [3.8, 4) is 11.4 Å². The van der Waals surface area contributed by atoms with Crippen LogP contribution in [0.25, 0.3) is 22.4 Å². The maximum absolute atomic E-state index is 14.6. The maximum atomic E-state index is 14.6. The third-order valence-electron chi connectivity index (χ3n) is 8.07. The normalized spacial score (nSPS) is 21.6. The minimum absolute atomic E-state index is 0.118. The average molecular weight is 530 g/mol. The zero-order chi connectivity index (χ0) is 26.3. The monoisotopic (exact) mass is 529 g/mol. The predicted octanol–water partition coefficient (Wildman–Crippen LogP) is 6.74. The second-order valence-electron chi connectivity index (χ2n) is 10.3. The summed E-state index contributed by atoms with van der Waals surface area (Å²) in [6.45, 7) is 1.54. The lowest BCUT2D eigenvalue weighted by Crippen LogP contribution is -2.58. The molecule has 5 rings (SSSR count). The number of halogens is 3. The van der Waals surface area contributed by atoms with Gasteiger partial charge in [-0.2, -0.15) is 0 Å². The van der Waals surface area contributed by atoms with Gasteiger partial charge in [-0.15, -0.1) is 0 Å². The van der Waals surface area contributed by atoms with E-state index in [0.29, 0.717) is 60.4 Å². The van der Waals surface area contributed by atoms with Gasteiger partial charge in [0.25, 0.3) is 0 Å². The number of carboxylic acids is 1. The number of hydrogen-bond acceptors (Lipinski definition) is 3. The van der Waals surface area contributed by atoms with E-state index in [1.165, 1.54) is 6.07 Å². The molecule has 0 bridgehead atoms. The number of carboxylic acid groups (broad SMARTS) is 1. The van der Waals surface area contributed by atoms with E-state index in [1.54, 1.807) is 19.1 Å². The molecule has 1 aromatic heterocycles. The van der Waals surface area contributed by atoms with Gasteiger partial charge in [0, 0.05) is 35.7 Å². The number of hydrogen-bond donors (Lipinski definition) is 1. The summed E-state index contributed by atoms with van der Waals surface area (Å²) in [7, 11) is 0. The van der Waals surface area contributed by atoms with Crippen LogP contribution in [0.4, 0.5) is 8.78 Å². The summed E-state index contributed by atoms with van der Waals surface area (Å²) in [6, 6.07) is 9.24. The first-order valence-electron chi connectivity index (χ1n) is 12.9. The lowest BCUT2D eigenvalue weighted by Gasteiger charge is -2.52. The van der Waals surface area contributed by atoms with E-state index in [9.17, 15) is 23.5 Å². The minimum atomic E-state index is -0.979. The van der Waals surface area contributed by atoms with Gasteiger partial charge in [-0.25, -0.2) is 13.8 Å². The lowest BCUT2D eigenvalue weighted by atomic mass is 9.80. The summed E-state index contributed by atoms with van der Waals surface area (Å²) >= 11 is 6.14. The van der Waals surface area contributed by atoms with Gasteiger partial charge >= 0.3 is 5.97 Å². The molecule has 2 saturated carbocycles. The Morgan fingerprint density at radius 2 is 1.65 bits per heavy atom. The average Bonchev–Trinajstić information content (AvgIpc) is 3.24. The van der Waals surface area contributed by atoms with Crippen molar-refractivity contribution >= 4 is 34.5 Å². The van der Waals surface area contributed by atoms with Crippen molar-refractivity contribution in [2.75, 3.05) is 0 Å². The molecule has 0 unspecified atom stereocenters. The molecule has 196 valence electrons. The molecule has 37 heavy (non-hydrogen) atoms. The van der Waals surface area contributed by atoms with Crippen LogP contribution in [0.1, 0.15) is 64.7 Å². The van der Waals surface area contributed by atoms with Crippen molar-refractivity contribution in [1.29, 1.82) is 0 Å². The van der Waals surface area contributed by atoms with E-state index in [0.717, 1.165) is 30.9 Å². The van der Waals surface area contributed by atoms with Crippen molar-refractivity contribution < 1.29 is 23.5 Å². The highest BCUT2D eigenvalue weighted by molar-refractivity contribution is 6.30. The number of carbonyl (C=O) groups excluding carboxylic acids is 1. The molecule has 3 aromatic rings. The summed E-state index contributed by atoms with van der Waals surface area (Å²) < 4.78 is 30.9. The summed E-state index contributed by atoms with van der Waals surface area (Å²) in [6.07, 6.45) is 6.13. The molecule has 0 spiro atoms. The van der Waals surface area contributed by atoms with Crippen molar-refractivity contribution in [3.05, 3.63) is 53.1 Å². The highest BCUT2D eigenvalue weighted by Crippen LogP contribution is 2.46. The summed E-state index contributed by atoms with van der Waals surface area (Å²) in [5, 5.41) is 10.1. The zero-order valence-corrected chi connectivity index (χ0v) is 21.5. The molecular weight excluding hydrogens is 500 g/mol. The van der Waals surface area contributed by atoms with E-state index in [-0.39, 0.29) is 11.9 Å². The second kappa shape index (κ2) is 10.0. The molecule has 6 nitrogen and oxygen atoms in total. The Balaban J connectivity index is 1.73. The largest absolute Gasteiger partial charge is 0.481 e. The first-order valence-corrected chi connectivity index (χ1v) is 13.3. The number of aliphatic carboxylic acids is 1. The van der Waals surface area contributed by atoms with Gasteiger partial charge in [0.15, 0.2) is 11.6 Å². The third-order valence-corrected chi connectivity index (χ3v) is 8.32. The van der Waals surface area contributed by atoms with Crippen LogP contribution < -0.4 is 0 Å². The van der Waals surface area contributed by atoms with E-state index < -0.39 is 29.2 Å². The van der Waals surface area contributed by atoms with Gasteiger partial charge in [0.2, 0.25) is 5.91 Å². The van der Waals surface area contributed by atoms with Crippen LogP contribution in [0.3, 0.4) is 0 Å². The summed E-state index contributed by atoms with van der Waals surface area (Å²) in [5.41, 5.74) is 0.617. The molecule has 1 heterocycles. The lowest BCUT2D eigenvalue weighted by molar-refractivity contribution is -0.151. The molecule has 0 aliphatic heterocycles. The third kappa shape index (κ3) is 4.60. The number of nitrogens with zero attached hydrogens (tertiary/aromatic N) is 3. The van der Waals surface area contributed by atoms with Crippen LogP contribution in [0.15, 0.2) is 36.4 Å². The first-order chi connectivity index (χ1) is 17.7. The Morgan fingerprint density at radius 1 is 1.03 bits per heavy atom. The van der Waals surface area contributed by atoms with E-state index in [2.05, 4.69) is 0 Å². The number of aromatic nitrogens is 2. The molecule has 0 saturated heterocycles. The highest BCUT2D eigenvalue weighted by Gasteiger charge is 2.47. The Labute approximate surface area is 219 Å². The molecule has 2 aliphatic carbocycles. The predicted molar refractivity (Wildman–Crippen MR) is 137 cm³/mol. The summed E-state index contributed by atoms with van der Waals surface area (Å²) in [4.78, 5) is 31.7. The molecule has 2 fully saturated rings. The van der Waals surface area contributed by atoms with E-state index >= 15 is 0 Å². The molecule has 0 atom stereocenters. The summed E-state index contributed by atoms with van der Waals surface area (Å²) in [5.74, 6) is -2.77. The molecular formula is C28H30ClF2N3O3. The number of imidazole rings is 1. The Bertz CT molecular complexity index is 1330. The fourth-order valence-corrected chi connectivity index (χ4v) is 6.57. The SMILES string of the molecule is CC(=O)N(C1CCC(C(=O)O)CC1)C1(n2c(-c3ccc(Cl)cc3)nc3cc(F)c(F)cc32)CCCCC1. The fourth-order valence-electron chi connectivity index (χ4n) is 6.45. The second-order valence-corrected chi connectivity index (χ2v) is 10.7. The van der Waals surface area contributed by atoms with Gasteiger partial charge in [0.05, 0.1) is 17.0 Å². The Hall–Kier alpha value is -3.00. The highest BCUT2D eigenvalue weighted by atomic mass is 35.5. The van der Waals surface area contributed by atoms with Gasteiger partial charge in [0.1, 0.15) is 11.5 Å². The van der Waals surface area contributed by atoms with Crippen molar-refractivity contribution in [2.45, 2.75) is 76.4 Å². The van der Waals surface area contributed by atoms with Gasteiger partial charge in [-0.1, -0.05) is 18.0 Å². The topological polar surface area (TPSA) is 75.4 Å². The smallest absolute Gasteiger partial charge is 0.306 e. The molecule has 1 N–H and O–H groups in total. The van der Waals surface area contributed by atoms with Crippen molar-refractivity contribution in [1.82, 2.24) is 14.5 Å². The van der Waals surface area contributed by atoms with Crippen molar-refractivity contribution in [2.24, 2.45) is 5.92 Å². The van der Waals surface area contributed by atoms with Crippen LogP contribution >= 0.6 is 11.6 Å². The van der Waals surface area contributed by atoms with Gasteiger partial charge in [-0.05, 0) is 75.6 Å². The molecule has 1 amide bonds. The fraction of sp³-hybridized carbons (Fsp3) is 0.464. The van der Waals surface area contributed by atoms with Crippen LogP contribution in [-0.4, -0.2) is 37.5 Å². The van der Waals surface area contributed by atoms with Gasteiger partial charge in [-0.3, -0.25) is 14.2 Å². The zero-order valence-electron chi connectivity index (χ0n) is 20.7. The first kappa shape index (κ1) is 25.6. The maximum Gasteiger partial charge on any atom is 0.306 e. The van der Waals surface area contributed by atoms with E-state index in [1.807, 2.05) is 21.6 Å². The number of amides is 1. The van der Waals surface area contributed by atoms with Crippen LogP contribution in [0.2, 0.25) is 5.02 Å². The standard InChI is InChI=1S/C28H30ClF2N3O3/c1-17(35)33(21-11-7-19(8-12-21)27(36)37)28(13-3-2-4-14-28)34-25-16-23(31)22(30)15-24(25)32-26(34)18-5-9-20(29)10-6-18/h5-6,9-10,15-16,19,21H,2-4,7-8,11-14H2,1H3,(H,36,37). The number of benzene rings is 2. The molecule has 2 aliphatic rings. The molecule has 0 radical (unpaired) electrons. The Kier molecular flexibility index (Phi) is 6.96. The van der Waals surface area contributed by atoms with Gasteiger partial charge < -0.3 is 10.0 Å². The van der Waals surface area contributed by atoms with Crippen LogP contribution in [0.5, 0.6) is 0 Å². The minimum Gasteiger partial charge on any atom is -0.481 e. The van der Waals surface area contributed by atoms with Crippen LogP contribution in [0, 0.1) is 17.6 Å². The van der Waals surface area contributed by atoms with Crippen LogP contribution in [-0.2, 0) is 15.3 Å².